The van der Waals surface area contributed by atoms with E-state index >= 15 is 0 Å². The summed E-state index contributed by atoms with van der Waals surface area (Å²) in [5.74, 6) is -4.24. The molecule has 9 heteroatoms. The highest BCUT2D eigenvalue weighted by Crippen LogP contribution is 2.43. The van der Waals surface area contributed by atoms with Gasteiger partial charge < -0.3 is 15.0 Å². The van der Waals surface area contributed by atoms with E-state index in [2.05, 4.69) is 5.32 Å². The lowest BCUT2D eigenvalue weighted by Gasteiger charge is -2.27. The molecule has 2 unspecified atom stereocenters. The van der Waals surface area contributed by atoms with Crippen molar-refractivity contribution in [3.05, 3.63) is 82.1 Å². The molecule has 1 aliphatic heterocycles. The van der Waals surface area contributed by atoms with Crippen LogP contribution in [0.5, 0.6) is 0 Å². The minimum atomic E-state index is -0.942. The standard InChI is InChI=1S/C24H20F2N2O4S/c1-14-4-7-16(8-5-14)28-22(30)12-17(23(28)20-3-2-10-33-20)24(31)32-13-21(29)27-19-9-6-15(25)11-18(19)26/h2-11,17,23H,12-13H2,1H3,(H,27,29). The number of nitrogens with zero attached hydrogens (tertiary/aromatic N) is 1. The molecular formula is C24H20F2N2O4S. The second kappa shape index (κ2) is 9.50. The van der Waals surface area contributed by atoms with Crippen LogP contribution in [0, 0.1) is 24.5 Å². The van der Waals surface area contributed by atoms with E-state index in [-0.39, 0.29) is 18.0 Å². The molecule has 0 spiro atoms. The largest absolute Gasteiger partial charge is 0.455 e. The van der Waals surface area contributed by atoms with Crippen LogP contribution >= 0.6 is 11.3 Å². The van der Waals surface area contributed by atoms with Crippen LogP contribution in [-0.2, 0) is 19.1 Å². The quantitative estimate of drug-likeness (QED) is 0.534. The van der Waals surface area contributed by atoms with E-state index in [1.807, 2.05) is 48.7 Å². The highest BCUT2D eigenvalue weighted by Gasteiger charge is 2.46. The predicted molar refractivity (Wildman–Crippen MR) is 120 cm³/mol. The Balaban J connectivity index is 1.48. The maximum atomic E-state index is 13.7. The molecule has 33 heavy (non-hydrogen) atoms. The summed E-state index contributed by atoms with van der Waals surface area (Å²) in [6, 6.07) is 13.3. The number of aryl methyl sites for hydroxylation is 1. The van der Waals surface area contributed by atoms with Gasteiger partial charge in [-0.2, -0.15) is 0 Å². The highest BCUT2D eigenvalue weighted by molar-refractivity contribution is 7.10. The number of esters is 1. The molecular weight excluding hydrogens is 450 g/mol. The van der Waals surface area contributed by atoms with Crippen LogP contribution in [0.1, 0.15) is 22.9 Å². The Hall–Kier alpha value is -3.59. The van der Waals surface area contributed by atoms with Gasteiger partial charge in [-0.3, -0.25) is 14.4 Å². The molecule has 1 saturated heterocycles. The molecule has 1 aromatic heterocycles. The molecule has 2 amide bonds. The van der Waals surface area contributed by atoms with Gasteiger partial charge in [0.15, 0.2) is 6.61 Å². The van der Waals surface area contributed by atoms with Gasteiger partial charge in [0, 0.05) is 23.1 Å². The number of rotatable bonds is 6. The van der Waals surface area contributed by atoms with E-state index in [4.69, 9.17) is 4.74 Å². The maximum absolute atomic E-state index is 13.7. The summed E-state index contributed by atoms with van der Waals surface area (Å²) in [6.45, 7) is 1.28. The van der Waals surface area contributed by atoms with Gasteiger partial charge in [0.05, 0.1) is 17.6 Å². The first kappa shape index (κ1) is 22.6. The number of amides is 2. The molecule has 2 atom stereocenters. The number of ether oxygens (including phenoxy) is 1. The SMILES string of the molecule is Cc1ccc(N2C(=O)CC(C(=O)OCC(=O)Nc3ccc(F)cc3F)C2c2cccs2)cc1. The number of hydrogen-bond donors (Lipinski definition) is 1. The van der Waals surface area contributed by atoms with E-state index in [0.717, 1.165) is 22.6 Å². The predicted octanol–water partition coefficient (Wildman–Crippen LogP) is 4.61. The van der Waals surface area contributed by atoms with Crippen LogP contribution in [-0.4, -0.2) is 24.4 Å². The molecule has 0 aliphatic carbocycles. The first-order valence-corrected chi connectivity index (χ1v) is 11.0. The Bertz CT molecular complexity index is 1180. The van der Waals surface area contributed by atoms with Crippen LogP contribution in [0.2, 0.25) is 0 Å². The van der Waals surface area contributed by atoms with Gasteiger partial charge in [0.25, 0.3) is 5.91 Å². The zero-order valence-electron chi connectivity index (χ0n) is 17.6. The number of carbonyl (C=O) groups is 3. The normalized spacial score (nSPS) is 17.8. The van der Waals surface area contributed by atoms with Gasteiger partial charge in [0.2, 0.25) is 5.91 Å². The van der Waals surface area contributed by atoms with Crippen molar-refractivity contribution < 1.29 is 27.9 Å². The molecule has 0 radical (unpaired) electrons. The van der Waals surface area contributed by atoms with Crippen molar-refractivity contribution in [2.75, 3.05) is 16.8 Å². The summed E-state index contributed by atoms with van der Waals surface area (Å²) in [7, 11) is 0. The van der Waals surface area contributed by atoms with Crippen LogP contribution in [0.15, 0.2) is 60.0 Å². The topological polar surface area (TPSA) is 75.7 Å². The third-order valence-electron chi connectivity index (χ3n) is 5.32. The Morgan fingerprint density at radius 2 is 1.91 bits per heavy atom. The van der Waals surface area contributed by atoms with Gasteiger partial charge >= 0.3 is 5.97 Å². The first-order chi connectivity index (χ1) is 15.8. The van der Waals surface area contributed by atoms with Crippen molar-refractivity contribution in [2.24, 2.45) is 5.92 Å². The number of anilines is 2. The van der Waals surface area contributed by atoms with Crippen LogP contribution in [0.25, 0.3) is 0 Å². The molecule has 2 aromatic carbocycles. The Labute approximate surface area is 192 Å². The van der Waals surface area contributed by atoms with E-state index in [0.29, 0.717) is 11.8 Å². The lowest BCUT2D eigenvalue weighted by Crippen LogP contribution is -2.31. The zero-order valence-corrected chi connectivity index (χ0v) is 18.4. The van der Waals surface area contributed by atoms with E-state index in [9.17, 15) is 23.2 Å². The zero-order chi connectivity index (χ0) is 23.5. The van der Waals surface area contributed by atoms with Gasteiger partial charge in [-0.25, -0.2) is 8.78 Å². The smallest absolute Gasteiger partial charge is 0.312 e. The molecule has 3 aromatic rings. The highest BCUT2D eigenvalue weighted by atomic mass is 32.1. The fraction of sp³-hybridized carbons (Fsp3) is 0.208. The molecule has 1 aliphatic rings. The molecule has 2 heterocycles. The minimum absolute atomic E-state index is 0.0660. The van der Waals surface area contributed by atoms with E-state index in [1.54, 1.807) is 4.90 Å². The van der Waals surface area contributed by atoms with Crippen LogP contribution in [0.4, 0.5) is 20.2 Å². The Kier molecular flexibility index (Phi) is 6.50. The van der Waals surface area contributed by atoms with Crippen molar-refractivity contribution in [1.29, 1.82) is 0 Å². The average molecular weight is 470 g/mol. The fourth-order valence-electron chi connectivity index (χ4n) is 3.76. The second-order valence-corrected chi connectivity index (χ2v) is 8.63. The molecule has 0 bridgehead atoms. The van der Waals surface area contributed by atoms with Crippen molar-refractivity contribution in [2.45, 2.75) is 19.4 Å². The van der Waals surface area contributed by atoms with Crippen LogP contribution < -0.4 is 10.2 Å². The number of benzene rings is 2. The minimum Gasteiger partial charge on any atom is -0.455 e. The summed E-state index contributed by atoms with van der Waals surface area (Å²) in [4.78, 5) is 40.3. The lowest BCUT2D eigenvalue weighted by atomic mass is 9.99. The van der Waals surface area contributed by atoms with Crippen molar-refractivity contribution in [3.63, 3.8) is 0 Å². The van der Waals surface area contributed by atoms with Crippen molar-refractivity contribution in [3.8, 4) is 0 Å². The summed E-state index contributed by atoms with van der Waals surface area (Å²) in [5.41, 5.74) is 1.48. The Morgan fingerprint density at radius 3 is 2.58 bits per heavy atom. The molecule has 0 saturated carbocycles. The monoisotopic (exact) mass is 470 g/mol. The van der Waals surface area contributed by atoms with E-state index in [1.165, 1.54) is 11.3 Å². The number of hydrogen-bond acceptors (Lipinski definition) is 5. The summed E-state index contributed by atoms with van der Waals surface area (Å²) < 4.78 is 31.9. The number of carbonyl (C=O) groups excluding carboxylic acids is 3. The van der Waals surface area contributed by atoms with Gasteiger partial charge in [-0.1, -0.05) is 23.8 Å². The van der Waals surface area contributed by atoms with Gasteiger partial charge in [-0.05, 0) is 42.6 Å². The van der Waals surface area contributed by atoms with E-state index < -0.39 is 42.1 Å². The lowest BCUT2D eigenvalue weighted by molar-refractivity contribution is -0.152. The molecule has 6 nitrogen and oxygen atoms in total. The number of halogens is 2. The second-order valence-electron chi connectivity index (χ2n) is 7.65. The molecule has 1 fully saturated rings. The Morgan fingerprint density at radius 1 is 1.15 bits per heavy atom. The average Bonchev–Trinajstić information content (AvgIpc) is 3.42. The summed E-state index contributed by atoms with van der Waals surface area (Å²) in [5, 5.41) is 4.10. The maximum Gasteiger partial charge on any atom is 0.312 e. The third kappa shape index (κ3) is 4.93. The molecule has 1 N–H and O–H groups in total. The molecule has 170 valence electrons. The molecule has 4 rings (SSSR count). The summed E-state index contributed by atoms with van der Waals surface area (Å²) in [6.07, 6.45) is -0.0660. The number of thiophene rings is 1. The van der Waals surface area contributed by atoms with Crippen molar-refractivity contribution >= 4 is 40.5 Å². The summed E-state index contributed by atoms with van der Waals surface area (Å²) >= 11 is 1.42. The first-order valence-electron chi connectivity index (χ1n) is 10.2. The van der Waals surface area contributed by atoms with Gasteiger partial charge in [0.1, 0.15) is 11.6 Å². The van der Waals surface area contributed by atoms with Crippen molar-refractivity contribution in [1.82, 2.24) is 0 Å². The number of nitrogens with one attached hydrogen (secondary N) is 1. The third-order valence-corrected chi connectivity index (χ3v) is 6.27. The van der Waals surface area contributed by atoms with Crippen LogP contribution in [0.3, 0.4) is 0 Å². The fourth-order valence-corrected chi connectivity index (χ4v) is 4.64. The van der Waals surface area contributed by atoms with Gasteiger partial charge in [-0.15, -0.1) is 11.3 Å².